The molecule has 7 nitrogen and oxygen atoms in total. The van der Waals surface area contributed by atoms with Gasteiger partial charge in [-0.3, -0.25) is 9.51 Å². The third-order valence-electron chi connectivity index (χ3n) is 7.44. The van der Waals surface area contributed by atoms with E-state index in [4.69, 9.17) is 14.2 Å². The van der Waals surface area contributed by atoms with Gasteiger partial charge in [-0.15, -0.1) is 0 Å². The SMILES string of the molecule is C/C(=C1\c2ccc(Cn3c(C4CC4)nc4c(C)cccc43)cc2COc2ccccc21)c1noc(=O)[nH]1. The molecule has 37 heavy (non-hydrogen) atoms. The number of rotatable bonds is 4. The Labute approximate surface area is 213 Å². The number of H-pyrrole nitrogens is 1. The molecule has 5 aromatic rings. The average molecular weight is 491 g/mol. The van der Waals surface area contributed by atoms with Crippen LogP contribution in [-0.4, -0.2) is 19.7 Å². The maximum absolute atomic E-state index is 11.7. The molecular formula is C30H26N4O3. The summed E-state index contributed by atoms with van der Waals surface area (Å²) in [7, 11) is 0. The zero-order valence-electron chi connectivity index (χ0n) is 20.7. The minimum atomic E-state index is -0.571. The van der Waals surface area contributed by atoms with E-state index in [0.29, 0.717) is 18.3 Å². The van der Waals surface area contributed by atoms with E-state index >= 15 is 0 Å². The molecule has 1 saturated carbocycles. The topological polar surface area (TPSA) is 85.9 Å². The highest BCUT2D eigenvalue weighted by molar-refractivity contribution is 5.99. The maximum Gasteiger partial charge on any atom is 0.439 e. The number of aryl methyl sites for hydroxylation is 1. The standard InChI is InChI=1S/C30H26N4O3/c1-17-6-5-8-24-27(17)31-29(20-11-12-20)34(24)15-19-10-13-22-21(14-19)16-36-25-9-4-3-7-23(25)26(22)18(2)28-32-30(35)37-33-28/h3-10,13-14,20H,11-12,15-16H2,1-2H3,(H,32,33,35)/b26-18-. The molecule has 1 aliphatic carbocycles. The first-order chi connectivity index (χ1) is 18.1. The van der Waals surface area contributed by atoms with Gasteiger partial charge in [0.15, 0.2) is 5.82 Å². The number of ether oxygens (including phenoxy) is 1. The van der Waals surface area contributed by atoms with Gasteiger partial charge in [-0.25, -0.2) is 9.78 Å². The van der Waals surface area contributed by atoms with E-state index in [1.165, 1.54) is 35.3 Å². The molecule has 0 radical (unpaired) electrons. The minimum Gasteiger partial charge on any atom is -0.488 e. The van der Waals surface area contributed by atoms with Crippen molar-refractivity contribution < 1.29 is 9.26 Å². The summed E-state index contributed by atoms with van der Waals surface area (Å²) in [5, 5.41) is 3.95. The van der Waals surface area contributed by atoms with Gasteiger partial charge in [0, 0.05) is 23.6 Å². The number of aromatic amines is 1. The van der Waals surface area contributed by atoms with Gasteiger partial charge in [0.25, 0.3) is 0 Å². The van der Waals surface area contributed by atoms with E-state index in [2.05, 4.69) is 58.0 Å². The highest BCUT2D eigenvalue weighted by Gasteiger charge is 2.30. The Morgan fingerprint density at radius 3 is 2.76 bits per heavy atom. The first-order valence-corrected chi connectivity index (χ1v) is 12.6. The fourth-order valence-electron chi connectivity index (χ4n) is 5.43. The number of fused-ring (bicyclic) bond motifs is 3. The molecule has 0 spiro atoms. The van der Waals surface area contributed by atoms with Crippen molar-refractivity contribution in [2.24, 2.45) is 0 Å². The lowest BCUT2D eigenvalue weighted by atomic mass is 9.89. The van der Waals surface area contributed by atoms with Gasteiger partial charge >= 0.3 is 5.76 Å². The van der Waals surface area contributed by atoms with Crippen molar-refractivity contribution in [3.05, 3.63) is 111 Å². The Hall–Kier alpha value is -4.39. The van der Waals surface area contributed by atoms with Crippen LogP contribution in [0.5, 0.6) is 5.75 Å². The molecule has 2 aromatic heterocycles. The van der Waals surface area contributed by atoms with Crippen molar-refractivity contribution in [1.29, 1.82) is 0 Å². The van der Waals surface area contributed by atoms with E-state index in [-0.39, 0.29) is 0 Å². The van der Waals surface area contributed by atoms with E-state index in [1.54, 1.807) is 0 Å². The van der Waals surface area contributed by atoms with Crippen LogP contribution in [0.4, 0.5) is 0 Å². The first kappa shape index (κ1) is 21.9. The molecule has 1 fully saturated rings. The molecule has 3 aromatic carbocycles. The van der Waals surface area contributed by atoms with Crippen LogP contribution in [0.1, 0.15) is 65.1 Å². The summed E-state index contributed by atoms with van der Waals surface area (Å²) in [4.78, 5) is 19.4. The number of hydrogen-bond acceptors (Lipinski definition) is 5. The lowest BCUT2D eigenvalue weighted by molar-refractivity contribution is 0.307. The Bertz CT molecular complexity index is 1770. The number of benzene rings is 3. The average Bonchev–Trinajstić information content (AvgIpc) is 3.59. The van der Waals surface area contributed by atoms with Crippen molar-refractivity contribution in [1.82, 2.24) is 19.7 Å². The number of para-hydroxylation sites is 2. The molecule has 1 aliphatic heterocycles. The second-order valence-corrected chi connectivity index (χ2v) is 9.99. The Morgan fingerprint density at radius 2 is 1.95 bits per heavy atom. The third-order valence-corrected chi connectivity index (χ3v) is 7.44. The summed E-state index contributed by atoms with van der Waals surface area (Å²) in [6, 6.07) is 21.0. The molecule has 0 atom stereocenters. The van der Waals surface area contributed by atoms with Gasteiger partial charge in [0.05, 0.1) is 11.0 Å². The molecular weight excluding hydrogens is 464 g/mol. The van der Waals surface area contributed by atoms with Crippen LogP contribution < -0.4 is 10.5 Å². The predicted octanol–water partition coefficient (Wildman–Crippen LogP) is 5.82. The van der Waals surface area contributed by atoms with Crippen LogP contribution >= 0.6 is 0 Å². The number of nitrogens with zero attached hydrogens (tertiary/aromatic N) is 3. The summed E-state index contributed by atoms with van der Waals surface area (Å²) in [6.07, 6.45) is 2.41. The minimum absolute atomic E-state index is 0.418. The van der Waals surface area contributed by atoms with Gasteiger partial charge in [0.2, 0.25) is 0 Å². The smallest absolute Gasteiger partial charge is 0.439 e. The van der Waals surface area contributed by atoms with Crippen molar-refractivity contribution in [3.63, 3.8) is 0 Å². The summed E-state index contributed by atoms with van der Waals surface area (Å²) >= 11 is 0. The normalized spacial score (nSPS) is 16.2. The van der Waals surface area contributed by atoms with Crippen LogP contribution in [-0.2, 0) is 13.2 Å². The highest BCUT2D eigenvalue weighted by atomic mass is 16.5. The number of allylic oxidation sites excluding steroid dienone is 1. The molecule has 2 aliphatic rings. The van der Waals surface area contributed by atoms with Gasteiger partial charge in [0.1, 0.15) is 18.2 Å². The number of hydrogen-bond donors (Lipinski definition) is 1. The number of imidazole rings is 1. The third kappa shape index (κ3) is 3.69. The zero-order valence-corrected chi connectivity index (χ0v) is 20.7. The molecule has 184 valence electrons. The Morgan fingerprint density at radius 1 is 1.08 bits per heavy atom. The number of nitrogens with one attached hydrogen (secondary N) is 1. The van der Waals surface area contributed by atoms with Crippen molar-refractivity contribution in [2.45, 2.75) is 45.8 Å². The van der Waals surface area contributed by atoms with Gasteiger partial charge in [-0.05, 0) is 72.7 Å². The van der Waals surface area contributed by atoms with Gasteiger partial charge in [-0.2, -0.15) is 0 Å². The second-order valence-electron chi connectivity index (χ2n) is 9.99. The lowest BCUT2D eigenvalue weighted by Gasteiger charge is -2.15. The van der Waals surface area contributed by atoms with Crippen LogP contribution in [0.3, 0.4) is 0 Å². The largest absolute Gasteiger partial charge is 0.488 e. The maximum atomic E-state index is 11.7. The molecule has 7 heteroatoms. The number of aromatic nitrogens is 4. The second kappa shape index (κ2) is 8.34. The molecule has 0 amide bonds. The van der Waals surface area contributed by atoms with Gasteiger partial charge in [-0.1, -0.05) is 47.6 Å². The fraction of sp³-hybridized carbons (Fsp3) is 0.233. The zero-order chi connectivity index (χ0) is 25.1. The van der Waals surface area contributed by atoms with E-state index < -0.39 is 5.76 Å². The molecule has 1 N–H and O–H groups in total. The van der Waals surface area contributed by atoms with Crippen molar-refractivity contribution >= 4 is 22.2 Å². The predicted molar refractivity (Wildman–Crippen MR) is 141 cm³/mol. The monoisotopic (exact) mass is 490 g/mol. The molecule has 0 bridgehead atoms. The fourth-order valence-corrected chi connectivity index (χ4v) is 5.43. The van der Waals surface area contributed by atoms with Crippen LogP contribution in [0.2, 0.25) is 0 Å². The molecule has 0 unspecified atom stereocenters. The van der Waals surface area contributed by atoms with E-state index in [1.807, 2.05) is 31.2 Å². The van der Waals surface area contributed by atoms with Crippen LogP contribution in [0.15, 0.2) is 70.0 Å². The summed E-state index contributed by atoms with van der Waals surface area (Å²) in [5.74, 6) is 2.38. The van der Waals surface area contributed by atoms with Gasteiger partial charge < -0.3 is 9.30 Å². The highest BCUT2D eigenvalue weighted by Crippen LogP contribution is 2.42. The first-order valence-electron chi connectivity index (χ1n) is 12.6. The Kier molecular flexibility index (Phi) is 4.92. The molecule has 0 saturated heterocycles. The van der Waals surface area contributed by atoms with Crippen molar-refractivity contribution in [2.75, 3.05) is 0 Å². The Balaban J connectivity index is 1.36. The quantitative estimate of drug-likeness (QED) is 0.343. The lowest BCUT2D eigenvalue weighted by Crippen LogP contribution is -2.06. The summed E-state index contributed by atoms with van der Waals surface area (Å²) < 4.78 is 13.5. The van der Waals surface area contributed by atoms with Crippen LogP contribution in [0, 0.1) is 6.92 Å². The molecule has 3 heterocycles. The van der Waals surface area contributed by atoms with E-state index in [9.17, 15) is 4.79 Å². The summed E-state index contributed by atoms with van der Waals surface area (Å²) in [5.41, 5.74) is 9.60. The van der Waals surface area contributed by atoms with E-state index in [0.717, 1.165) is 45.6 Å². The van der Waals surface area contributed by atoms with Crippen LogP contribution in [0.25, 0.3) is 22.2 Å². The summed E-state index contributed by atoms with van der Waals surface area (Å²) in [6.45, 7) is 5.28. The molecule has 7 rings (SSSR count). The van der Waals surface area contributed by atoms with Crippen molar-refractivity contribution in [3.8, 4) is 5.75 Å².